The number of hydrogen-bond acceptors (Lipinski definition) is 2. The molecule has 0 bridgehead atoms. The van der Waals surface area contributed by atoms with Gasteiger partial charge in [0.15, 0.2) is 0 Å². The van der Waals surface area contributed by atoms with Crippen LogP contribution in [-0.4, -0.2) is 9.13 Å². The van der Waals surface area contributed by atoms with Gasteiger partial charge in [0.05, 0.1) is 17.4 Å². The minimum Gasteiger partial charge on any atom is -0.289 e. The molecule has 0 radical (unpaired) electrons. The Kier molecular flexibility index (Phi) is 4.68. The normalized spacial score (nSPS) is 15.4. The average Bonchev–Trinajstić information content (AvgIpc) is 2.67. The van der Waals surface area contributed by atoms with Gasteiger partial charge in [0.1, 0.15) is 0 Å². The van der Waals surface area contributed by atoms with Crippen molar-refractivity contribution in [2.45, 2.75) is 44.7 Å². The van der Waals surface area contributed by atoms with E-state index in [1.165, 1.54) is 11.0 Å². The quantitative estimate of drug-likeness (QED) is 0.689. The van der Waals surface area contributed by atoms with Crippen LogP contribution in [-0.2, 0) is 6.54 Å². The first kappa shape index (κ1) is 17.1. The van der Waals surface area contributed by atoms with Crippen LogP contribution in [0.2, 0.25) is 5.02 Å². The van der Waals surface area contributed by atoms with Crippen LogP contribution in [0.1, 0.15) is 43.7 Å². The fourth-order valence-corrected chi connectivity index (χ4v) is 4.15. The second kappa shape index (κ2) is 7.12. The molecule has 0 amide bonds. The number of benzene rings is 2. The SMILES string of the molecule is O=c1c2ccccc2n(Cc2ccccc2Cl)c(=O)n1C1CCCCC1. The number of rotatable bonds is 3. The molecule has 0 atom stereocenters. The molecule has 1 saturated carbocycles. The van der Waals surface area contributed by atoms with E-state index in [9.17, 15) is 9.59 Å². The summed E-state index contributed by atoms with van der Waals surface area (Å²) in [6, 6.07) is 14.8. The highest BCUT2D eigenvalue weighted by Crippen LogP contribution is 2.26. The summed E-state index contributed by atoms with van der Waals surface area (Å²) in [6.45, 7) is 0.353. The first-order chi connectivity index (χ1) is 12.7. The maximum absolute atomic E-state index is 13.3. The third-order valence-corrected chi connectivity index (χ3v) is 5.68. The second-order valence-electron chi connectivity index (χ2n) is 6.94. The number of halogens is 1. The standard InChI is InChI=1S/C21H21ClN2O2/c22-18-12-6-4-8-15(18)14-23-19-13-7-5-11-17(19)20(25)24(21(23)26)16-9-2-1-3-10-16/h4-8,11-13,16H,1-3,9-10,14H2. The van der Waals surface area contributed by atoms with Crippen molar-refractivity contribution in [3.63, 3.8) is 0 Å². The van der Waals surface area contributed by atoms with Crippen LogP contribution < -0.4 is 11.2 Å². The van der Waals surface area contributed by atoms with E-state index in [0.717, 1.165) is 31.2 Å². The molecule has 2 aromatic carbocycles. The van der Waals surface area contributed by atoms with E-state index in [4.69, 9.17) is 11.6 Å². The van der Waals surface area contributed by atoms with Gasteiger partial charge in [-0.05, 0) is 36.6 Å². The topological polar surface area (TPSA) is 44.0 Å². The maximum Gasteiger partial charge on any atom is 0.332 e. The summed E-state index contributed by atoms with van der Waals surface area (Å²) in [4.78, 5) is 26.3. The molecule has 0 unspecified atom stereocenters. The number of para-hydroxylation sites is 1. The first-order valence-corrected chi connectivity index (χ1v) is 9.52. The van der Waals surface area contributed by atoms with Crippen molar-refractivity contribution in [3.05, 3.63) is 80.0 Å². The van der Waals surface area contributed by atoms with E-state index in [0.29, 0.717) is 22.5 Å². The smallest absolute Gasteiger partial charge is 0.289 e. The molecule has 1 heterocycles. The minimum atomic E-state index is -0.236. The summed E-state index contributed by atoms with van der Waals surface area (Å²) >= 11 is 6.31. The zero-order valence-electron chi connectivity index (χ0n) is 14.5. The van der Waals surface area contributed by atoms with E-state index in [1.54, 1.807) is 10.6 Å². The van der Waals surface area contributed by atoms with Crippen molar-refractivity contribution >= 4 is 22.5 Å². The number of hydrogen-bond donors (Lipinski definition) is 0. The summed E-state index contributed by atoms with van der Waals surface area (Å²) < 4.78 is 3.17. The molecule has 1 aromatic heterocycles. The van der Waals surface area contributed by atoms with Crippen molar-refractivity contribution in [2.75, 3.05) is 0 Å². The summed E-state index contributed by atoms with van der Waals surface area (Å²) in [5.74, 6) is 0. The second-order valence-corrected chi connectivity index (χ2v) is 7.35. The first-order valence-electron chi connectivity index (χ1n) is 9.14. The van der Waals surface area contributed by atoms with E-state index in [-0.39, 0.29) is 17.3 Å². The summed E-state index contributed by atoms with van der Waals surface area (Å²) in [5.41, 5.74) is 1.12. The van der Waals surface area contributed by atoms with E-state index in [1.807, 2.05) is 42.5 Å². The van der Waals surface area contributed by atoms with Crippen LogP contribution in [0.25, 0.3) is 10.9 Å². The van der Waals surface area contributed by atoms with Gasteiger partial charge in [-0.2, -0.15) is 0 Å². The number of nitrogens with zero attached hydrogens (tertiary/aromatic N) is 2. The summed E-state index contributed by atoms with van der Waals surface area (Å²) in [7, 11) is 0. The number of fused-ring (bicyclic) bond motifs is 1. The highest BCUT2D eigenvalue weighted by Gasteiger charge is 2.22. The Morgan fingerprint density at radius 1 is 0.923 bits per heavy atom. The fraction of sp³-hybridized carbons (Fsp3) is 0.333. The third kappa shape index (κ3) is 2.99. The lowest BCUT2D eigenvalue weighted by atomic mass is 9.95. The highest BCUT2D eigenvalue weighted by molar-refractivity contribution is 6.31. The average molecular weight is 369 g/mol. The number of aromatic nitrogens is 2. The Morgan fingerprint density at radius 3 is 2.38 bits per heavy atom. The van der Waals surface area contributed by atoms with Gasteiger partial charge in [-0.3, -0.25) is 13.9 Å². The monoisotopic (exact) mass is 368 g/mol. The summed E-state index contributed by atoms with van der Waals surface area (Å²) in [5, 5.41) is 1.21. The molecule has 4 rings (SSSR count). The zero-order valence-corrected chi connectivity index (χ0v) is 15.3. The van der Waals surface area contributed by atoms with E-state index in [2.05, 4.69) is 0 Å². The van der Waals surface area contributed by atoms with Crippen LogP contribution in [0.15, 0.2) is 58.1 Å². The zero-order chi connectivity index (χ0) is 18.1. The highest BCUT2D eigenvalue weighted by atomic mass is 35.5. The maximum atomic E-state index is 13.3. The van der Waals surface area contributed by atoms with Crippen LogP contribution in [0.5, 0.6) is 0 Å². The lowest BCUT2D eigenvalue weighted by Gasteiger charge is -2.25. The van der Waals surface area contributed by atoms with Crippen LogP contribution >= 0.6 is 11.6 Å². The largest absolute Gasteiger partial charge is 0.332 e. The van der Waals surface area contributed by atoms with E-state index < -0.39 is 0 Å². The van der Waals surface area contributed by atoms with Gasteiger partial charge in [-0.1, -0.05) is 61.2 Å². The molecule has 0 aliphatic heterocycles. The molecular formula is C21H21ClN2O2. The predicted octanol–water partition coefficient (Wildman–Crippen LogP) is 4.37. The van der Waals surface area contributed by atoms with Gasteiger partial charge < -0.3 is 0 Å². The summed E-state index contributed by atoms with van der Waals surface area (Å²) in [6.07, 6.45) is 5.08. The van der Waals surface area contributed by atoms with Crippen molar-refractivity contribution in [1.29, 1.82) is 0 Å². The molecule has 4 nitrogen and oxygen atoms in total. The molecule has 0 N–H and O–H groups in total. The van der Waals surface area contributed by atoms with Crippen molar-refractivity contribution in [3.8, 4) is 0 Å². The lowest BCUT2D eigenvalue weighted by molar-refractivity contribution is 0.333. The molecule has 3 aromatic rings. The van der Waals surface area contributed by atoms with Gasteiger partial charge in [0, 0.05) is 11.1 Å². The van der Waals surface area contributed by atoms with Gasteiger partial charge in [0.2, 0.25) is 0 Å². The van der Waals surface area contributed by atoms with Gasteiger partial charge in [0.25, 0.3) is 5.56 Å². The Balaban J connectivity index is 1.95. The third-order valence-electron chi connectivity index (χ3n) is 5.31. The molecule has 0 spiro atoms. The molecule has 1 aliphatic rings. The molecule has 5 heteroatoms. The Morgan fingerprint density at radius 2 is 1.62 bits per heavy atom. The Bertz CT molecular complexity index is 1060. The van der Waals surface area contributed by atoms with Gasteiger partial charge in [-0.25, -0.2) is 4.79 Å². The predicted molar refractivity (Wildman–Crippen MR) is 105 cm³/mol. The molecule has 0 saturated heterocycles. The van der Waals surface area contributed by atoms with Crippen molar-refractivity contribution < 1.29 is 0 Å². The van der Waals surface area contributed by atoms with Crippen molar-refractivity contribution in [1.82, 2.24) is 9.13 Å². The molecule has 1 fully saturated rings. The Labute approximate surface area is 156 Å². The Hall–Kier alpha value is -2.33. The van der Waals surface area contributed by atoms with Crippen molar-refractivity contribution in [2.24, 2.45) is 0 Å². The lowest BCUT2D eigenvalue weighted by Crippen LogP contribution is -2.43. The molecule has 134 valence electrons. The van der Waals surface area contributed by atoms with E-state index >= 15 is 0 Å². The minimum absolute atomic E-state index is 0.00847. The molecular weight excluding hydrogens is 348 g/mol. The molecule has 26 heavy (non-hydrogen) atoms. The van der Waals surface area contributed by atoms with Gasteiger partial charge in [-0.15, -0.1) is 0 Å². The van der Waals surface area contributed by atoms with Crippen LogP contribution in [0.4, 0.5) is 0 Å². The fourth-order valence-electron chi connectivity index (χ4n) is 3.95. The van der Waals surface area contributed by atoms with Crippen LogP contribution in [0, 0.1) is 0 Å². The molecule has 1 aliphatic carbocycles. The van der Waals surface area contributed by atoms with Crippen LogP contribution in [0.3, 0.4) is 0 Å². The van der Waals surface area contributed by atoms with Gasteiger partial charge >= 0.3 is 5.69 Å².